The molecule has 5 heterocycles. The van der Waals surface area contributed by atoms with E-state index in [1.807, 2.05) is 24.3 Å². The number of benzene rings is 3. The zero-order chi connectivity index (χ0) is 65.1. The third-order valence-electron chi connectivity index (χ3n) is 15.4. The van der Waals surface area contributed by atoms with Gasteiger partial charge >= 0.3 is 0 Å². The summed E-state index contributed by atoms with van der Waals surface area (Å²) >= 11 is 1.41. The minimum atomic E-state index is -2.22. The van der Waals surface area contributed by atoms with Gasteiger partial charge in [0.15, 0.2) is 11.5 Å². The van der Waals surface area contributed by atoms with Gasteiger partial charge in [0.05, 0.1) is 61.5 Å². The number of hydrogen-bond acceptors (Lipinski definition) is 24. The molecule has 3 saturated heterocycles. The highest BCUT2D eigenvalue weighted by Gasteiger charge is 2.50. The van der Waals surface area contributed by atoms with Crippen molar-refractivity contribution in [1.82, 2.24) is 51.0 Å². The summed E-state index contributed by atoms with van der Waals surface area (Å²) in [5, 5.41) is 108. The predicted octanol–water partition coefficient (Wildman–Crippen LogP) is -1.41. The van der Waals surface area contributed by atoms with Gasteiger partial charge in [0.25, 0.3) is 18.2 Å². The van der Waals surface area contributed by atoms with Gasteiger partial charge in [-0.2, -0.15) is 5.10 Å². The van der Waals surface area contributed by atoms with Crippen LogP contribution in [-0.4, -0.2) is 212 Å². The predicted molar refractivity (Wildman–Crippen MR) is 317 cm³/mol. The van der Waals surface area contributed by atoms with Gasteiger partial charge in [-0.1, -0.05) is 77.7 Å². The molecule has 13 unspecified atom stereocenters. The van der Waals surface area contributed by atoms with Crippen LogP contribution in [-0.2, 0) is 49.4 Å². The van der Waals surface area contributed by atoms with Crippen LogP contribution in [0.5, 0.6) is 17.2 Å². The zero-order valence-electron chi connectivity index (χ0n) is 48.8. The van der Waals surface area contributed by atoms with E-state index in [2.05, 4.69) is 42.9 Å². The molecule has 0 aliphatic carbocycles. The maximum absolute atomic E-state index is 14.7. The van der Waals surface area contributed by atoms with E-state index in [1.165, 1.54) is 36.5 Å². The molecule has 8 rings (SSSR count). The van der Waals surface area contributed by atoms with Crippen molar-refractivity contribution in [3.63, 3.8) is 0 Å². The molecule has 8 amide bonds. The number of amides is 8. The fourth-order valence-corrected chi connectivity index (χ4v) is 11.8. The highest BCUT2D eigenvalue weighted by atomic mass is 32.2. The number of phenolic OH excluding ortho intramolecular Hbond substituents is 1. The summed E-state index contributed by atoms with van der Waals surface area (Å²) < 4.78 is 16.9. The summed E-state index contributed by atoms with van der Waals surface area (Å²) in [5.74, 6) is -10.4. The van der Waals surface area contributed by atoms with Crippen LogP contribution in [0.25, 0.3) is 26.8 Å². The number of phenols is 1. The van der Waals surface area contributed by atoms with Crippen molar-refractivity contribution in [3.8, 4) is 39.1 Å². The highest BCUT2D eigenvalue weighted by molar-refractivity contribution is 7.90. The number of unbranched alkanes of at least 4 members (excludes halogenated alkanes) is 2. The summed E-state index contributed by atoms with van der Waals surface area (Å²) in [6.45, 7) is 3.57. The molecular formula is C57H71N11O20S2. The molecule has 3 fully saturated rings. The summed E-state index contributed by atoms with van der Waals surface area (Å²) in [5.41, 5.74) is 7.44. The van der Waals surface area contributed by atoms with Gasteiger partial charge in [-0.15, -0.1) is 0 Å². The molecule has 3 aliphatic heterocycles. The lowest BCUT2D eigenvalue weighted by molar-refractivity contribution is -0.433. The molecule has 3 aliphatic rings. The fraction of sp³-hybridized carbons (Fsp3) is 0.474. The number of primary amides is 1. The number of fused-ring (bicyclic) bond motifs is 3. The minimum Gasteiger partial charge on any atom is -0.504 e. The van der Waals surface area contributed by atoms with Gasteiger partial charge in [0.1, 0.15) is 47.0 Å². The van der Waals surface area contributed by atoms with Crippen molar-refractivity contribution < 1.29 is 97.7 Å². The first-order valence-corrected chi connectivity index (χ1v) is 30.2. The Balaban J connectivity index is 1.08. The van der Waals surface area contributed by atoms with E-state index in [0.717, 1.165) is 59.4 Å². The van der Waals surface area contributed by atoms with E-state index in [9.17, 15) is 74.1 Å². The number of aliphatic hydroxyl groups is 6. The average Bonchev–Trinajstić information content (AvgIpc) is 2.01. The number of rotatable bonds is 20. The molecule has 15 N–H and O–H groups in total. The number of aromatic nitrogens is 3. The van der Waals surface area contributed by atoms with E-state index >= 15 is 0 Å². The number of carbonyl (C=O) groups is 8. The van der Waals surface area contributed by atoms with Gasteiger partial charge < -0.3 is 86.8 Å². The molecule has 486 valence electrons. The van der Waals surface area contributed by atoms with Gasteiger partial charge in [0, 0.05) is 61.5 Å². The van der Waals surface area contributed by atoms with Crippen molar-refractivity contribution in [2.75, 3.05) is 26.2 Å². The van der Waals surface area contributed by atoms with Crippen LogP contribution in [0.4, 0.5) is 0 Å². The van der Waals surface area contributed by atoms with Gasteiger partial charge in [-0.05, 0) is 55.3 Å². The van der Waals surface area contributed by atoms with Crippen molar-refractivity contribution >= 4 is 75.9 Å². The van der Waals surface area contributed by atoms with E-state index in [1.54, 1.807) is 22.8 Å². The average molecular weight is 1290 g/mol. The lowest BCUT2D eigenvalue weighted by Crippen LogP contribution is -2.64. The second-order valence-corrected chi connectivity index (χ2v) is 23.6. The Bertz CT molecular complexity index is 3360. The molecule has 31 nitrogen and oxygen atoms in total. The Morgan fingerprint density at radius 1 is 0.833 bits per heavy atom. The van der Waals surface area contributed by atoms with Gasteiger partial charge in [0.2, 0.25) is 46.3 Å². The number of aliphatic hydroxyl groups excluding tert-OH is 6. The Hall–Kier alpha value is -8.09. The smallest absolute Gasteiger partial charge is 0.261 e. The number of hydrogen-bond donors (Lipinski definition) is 14. The molecule has 0 radical (unpaired) electrons. The van der Waals surface area contributed by atoms with Crippen LogP contribution in [0.1, 0.15) is 75.2 Å². The lowest BCUT2D eigenvalue weighted by atomic mass is 9.98. The molecule has 0 saturated carbocycles. The maximum atomic E-state index is 14.7. The van der Waals surface area contributed by atoms with Crippen molar-refractivity contribution in [1.29, 1.82) is 0 Å². The number of carbonyl (C=O) groups excluding carboxylic acids is 8. The minimum absolute atomic E-state index is 0.00329. The highest BCUT2D eigenvalue weighted by Crippen LogP contribution is 2.33. The molecule has 5 aromatic rings. The summed E-state index contributed by atoms with van der Waals surface area (Å²) in [6.07, 6.45) is -8.85. The second-order valence-electron chi connectivity index (χ2n) is 22.2. The summed E-state index contributed by atoms with van der Waals surface area (Å²) in [7, 11) is 0. The van der Waals surface area contributed by atoms with Crippen molar-refractivity contribution in [2.24, 2.45) is 11.7 Å². The largest absolute Gasteiger partial charge is 0.504 e. The first-order valence-electron chi connectivity index (χ1n) is 28.8. The van der Waals surface area contributed by atoms with E-state index in [0.29, 0.717) is 27.8 Å². The van der Waals surface area contributed by atoms with Gasteiger partial charge in [-0.3, -0.25) is 38.4 Å². The third-order valence-corrected chi connectivity index (χ3v) is 16.7. The molecule has 90 heavy (non-hydrogen) atoms. The Morgan fingerprint density at radius 3 is 2.26 bits per heavy atom. The molecule has 0 spiro atoms. The monoisotopic (exact) mass is 1290 g/mol. The number of imidazole rings is 1. The topological polar surface area (TPSA) is 458 Å². The summed E-state index contributed by atoms with van der Waals surface area (Å²) in [6, 6.07) is 5.49. The first kappa shape index (κ1) is 67.8. The first-order chi connectivity index (χ1) is 42.9. The number of aromatic hydroxyl groups is 1. The number of nitrogens with zero attached hydrogens (tertiary/aromatic N) is 5. The van der Waals surface area contributed by atoms with Crippen LogP contribution in [0, 0.1) is 5.92 Å². The molecule has 33 heteroatoms. The summed E-state index contributed by atoms with van der Waals surface area (Å²) in [4.78, 5) is 120. The van der Waals surface area contributed by atoms with Crippen LogP contribution >= 0.6 is 23.7 Å². The van der Waals surface area contributed by atoms with E-state index < -0.39 is 177 Å². The quantitative estimate of drug-likeness (QED) is 0.0184. The number of nitrogens with one attached hydrogen (secondary N) is 5. The molecule has 0 bridgehead atoms. The van der Waals surface area contributed by atoms with Crippen LogP contribution in [0.2, 0.25) is 0 Å². The fourth-order valence-electron chi connectivity index (χ4n) is 10.7. The van der Waals surface area contributed by atoms with Crippen molar-refractivity contribution in [3.05, 3.63) is 84.1 Å². The lowest BCUT2D eigenvalue weighted by Gasteiger charge is -2.33. The van der Waals surface area contributed by atoms with E-state index in [-0.39, 0.29) is 29.2 Å². The number of β-amino-alcohol motifs (C(OH)–C–C–N with tert-alkyl or cyclic N) is 1. The SMILES string of the molecule is CCCCCOc1cccc(-c2nn3cc(-c4ccc(C(=O)NC5CC(O)CNC(=O)C6C(O)C(C)CN6C(=O)C(C(O)CC(N)=O)NC(=O)C(C(O)Cc6ccc(O)c(OSOOO)c6)NC(=O)C6CC(O)CN6C(=O)C(C(C)O)NC5=O)cc4)nc3s2)c1. The van der Waals surface area contributed by atoms with Crippen LogP contribution in [0.15, 0.2) is 72.9 Å². The van der Waals surface area contributed by atoms with E-state index in [4.69, 9.17) is 30.0 Å². The van der Waals surface area contributed by atoms with Crippen molar-refractivity contribution in [2.45, 2.75) is 139 Å². The van der Waals surface area contributed by atoms with Crippen LogP contribution < -0.4 is 41.2 Å². The number of nitrogens with two attached hydrogens (primary N) is 1. The Morgan fingerprint density at radius 2 is 1.56 bits per heavy atom. The Kier molecular flexibility index (Phi) is 23.1. The molecule has 13 atom stereocenters. The standard InChI is InChI=1S/C57H71N11O20S2/c1-4-5-6-16-85-35-9-7-8-32(19-35)54-65-68-26-37(61-57(68)89-54)30-11-13-31(14-12-30)49(77)60-36-20-33(70)23-59-53(81)47-48(76)27(2)24-67(47)56(83)46(41(74)22-43(58)75)64-52(80)45(40(73)17-29-10-15-39(72)42(18-29)86-90-88-87-84)63-51(79)38-21-34(71)25-66(38)55(82)44(28(3)69)62-50(36)78/h7-15,18-19,26-28,33-34,36,38,40-41,44-48,69-74,76,84H,4-6,16-17,20-25H2,1-3H3,(H2,58,75)(H,59,81)(H,60,77)(H,62,78)(H,63,79)(H,64,80). The number of ether oxygens (including phenoxy) is 1. The molecule has 2 aromatic heterocycles. The Labute approximate surface area is 522 Å². The third kappa shape index (κ3) is 16.6. The zero-order valence-corrected chi connectivity index (χ0v) is 50.5. The van der Waals surface area contributed by atoms with Crippen LogP contribution in [0.3, 0.4) is 0 Å². The maximum Gasteiger partial charge on any atom is 0.261 e. The molecular weight excluding hydrogens is 1220 g/mol. The second kappa shape index (κ2) is 30.6. The normalized spacial score (nSPS) is 25.0. The van der Waals surface area contributed by atoms with Gasteiger partial charge in [-0.25, -0.2) is 14.8 Å². The molecule has 3 aromatic carbocycles.